The molecule has 1 amide bonds. The highest BCUT2D eigenvalue weighted by Gasteiger charge is 2.78. The van der Waals surface area contributed by atoms with Crippen LogP contribution in [0.3, 0.4) is 0 Å². The number of rotatable bonds is 8. The molecule has 2 bridgehead atoms. The highest BCUT2D eigenvalue weighted by Crippen LogP contribution is 2.64. The van der Waals surface area contributed by atoms with E-state index in [1.54, 1.807) is 39.0 Å². The van der Waals surface area contributed by atoms with Crippen molar-refractivity contribution < 1.29 is 72.5 Å². The van der Waals surface area contributed by atoms with Crippen LogP contribution in [0.25, 0.3) is 0 Å². The van der Waals surface area contributed by atoms with Crippen LogP contribution in [0, 0.1) is 22.6 Å². The van der Waals surface area contributed by atoms with Gasteiger partial charge in [-0.05, 0) is 75.6 Å². The van der Waals surface area contributed by atoms with Crippen LogP contribution in [0.4, 0.5) is 9.18 Å². The third-order valence-corrected chi connectivity index (χ3v) is 12.6. The van der Waals surface area contributed by atoms with Crippen molar-refractivity contribution >= 4 is 29.8 Å². The minimum Gasteiger partial charge on any atom is -0.456 e. The van der Waals surface area contributed by atoms with Gasteiger partial charge in [-0.25, -0.2) is 18.8 Å². The summed E-state index contributed by atoms with van der Waals surface area (Å²) < 4.78 is 43.8. The molecule has 2 aromatic carbocycles. The number of ether oxygens (including phenoxy) is 5. The lowest BCUT2D eigenvalue weighted by Crippen LogP contribution is -2.81. The maximum Gasteiger partial charge on any atom is 0.408 e. The molecule has 11 atom stereocenters. The van der Waals surface area contributed by atoms with E-state index in [9.17, 15) is 48.8 Å². The molecule has 0 aromatic heterocycles. The summed E-state index contributed by atoms with van der Waals surface area (Å²) in [7, 11) is 0. The predicted octanol–water partition coefficient (Wildman–Crippen LogP) is 3.40. The van der Waals surface area contributed by atoms with Crippen LogP contribution in [0.2, 0.25) is 0 Å². The fourth-order valence-electron chi connectivity index (χ4n) is 9.60. The molecule has 16 heteroatoms. The lowest BCUT2D eigenvalue weighted by Gasteiger charge is -2.67. The van der Waals surface area contributed by atoms with Crippen LogP contribution >= 0.6 is 0 Å². The Bertz CT molecular complexity index is 2050. The normalized spacial score (nSPS) is 33.3. The Labute approximate surface area is 340 Å². The summed E-state index contributed by atoms with van der Waals surface area (Å²) >= 11 is 0. The monoisotopic (exact) mass is 825 g/mol. The summed E-state index contributed by atoms with van der Waals surface area (Å²) in [6.07, 6.45) is -12.1. The summed E-state index contributed by atoms with van der Waals surface area (Å²) in [4.78, 5) is 68.9. The molecule has 1 heterocycles. The third kappa shape index (κ3) is 7.43. The van der Waals surface area contributed by atoms with E-state index in [1.165, 1.54) is 52.0 Å². The first-order chi connectivity index (χ1) is 27.4. The van der Waals surface area contributed by atoms with E-state index in [-0.39, 0.29) is 35.3 Å². The van der Waals surface area contributed by atoms with Crippen molar-refractivity contribution in [1.29, 1.82) is 0 Å². The highest BCUT2D eigenvalue weighted by atomic mass is 19.1. The van der Waals surface area contributed by atoms with Crippen LogP contribution in [0.15, 0.2) is 65.7 Å². The summed E-state index contributed by atoms with van der Waals surface area (Å²) in [5, 5.41) is 51.4. The zero-order chi connectivity index (χ0) is 43.6. The molecule has 1 saturated heterocycles. The van der Waals surface area contributed by atoms with Crippen LogP contribution in [0.5, 0.6) is 0 Å². The van der Waals surface area contributed by atoms with Gasteiger partial charge in [0.05, 0.1) is 35.6 Å². The molecule has 59 heavy (non-hydrogen) atoms. The third-order valence-electron chi connectivity index (χ3n) is 12.6. The van der Waals surface area contributed by atoms with Crippen molar-refractivity contribution in [3.05, 3.63) is 82.7 Å². The van der Waals surface area contributed by atoms with E-state index in [0.717, 1.165) is 19.1 Å². The lowest BCUT2D eigenvalue weighted by atomic mass is 9.44. The number of fused-ring (bicyclic) bond motifs is 5. The molecule has 0 spiro atoms. The van der Waals surface area contributed by atoms with Gasteiger partial charge in [-0.3, -0.25) is 9.59 Å². The number of ketones is 1. The Morgan fingerprint density at radius 2 is 1.66 bits per heavy atom. The minimum absolute atomic E-state index is 0.0268. The second-order valence-electron chi connectivity index (χ2n) is 17.7. The van der Waals surface area contributed by atoms with E-state index in [0.29, 0.717) is 0 Å². The predicted molar refractivity (Wildman–Crippen MR) is 204 cm³/mol. The summed E-state index contributed by atoms with van der Waals surface area (Å²) in [6.45, 7) is 11.4. The van der Waals surface area contributed by atoms with Crippen molar-refractivity contribution in [3.63, 3.8) is 0 Å². The second-order valence-corrected chi connectivity index (χ2v) is 17.7. The van der Waals surface area contributed by atoms with E-state index in [4.69, 9.17) is 23.7 Å². The number of halogens is 1. The zero-order valence-electron chi connectivity index (χ0n) is 34.2. The van der Waals surface area contributed by atoms with Crippen molar-refractivity contribution in [1.82, 2.24) is 5.32 Å². The lowest BCUT2D eigenvalue weighted by molar-refractivity contribution is -0.346. The first-order valence-corrected chi connectivity index (χ1v) is 19.4. The Morgan fingerprint density at radius 1 is 1.00 bits per heavy atom. The van der Waals surface area contributed by atoms with E-state index >= 15 is 0 Å². The smallest absolute Gasteiger partial charge is 0.408 e. The Kier molecular flexibility index (Phi) is 11.4. The molecule has 1 aliphatic heterocycles. The van der Waals surface area contributed by atoms with Crippen LogP contribution in [-0.2, 0) is 38.1 Å². The highest BCUT2D eigenvalue weighted by molar-refractivity contribution is 5.94. The average molecular weight is 826 g/mol. The SMILES string of the molecule is CC(=O)O[C@@]12CO[C@@H]1C[C@H](O)[C@@]1(C)C(=O)[C@H](O)C3=C(C)[C@@H](OC(=O)[C@H](O)[C@@H](NC(=O)OC(C)(C)C)c4cccc(F)c4)C[C@@](O)([C@@H](OC(=O)c4ccccc4)[C@H]21)C3(C)C. The molecular formula is C43H52FNO14. The fraction of sp³-hybridized carbons (Fsp3) is 0.558. The van der Waals surface area contributed by atoms with Gasteiger partial charge in [0, 0.05) is 25.2 Å². The van der Waals surface area contributed by atoms with Crippen LogP contribution < -0.4 is 5.32 Å². The van der Waals surface area contributed by atoms with E-state index in [1.807, 2.05) is 0 Å². The molecule has 0 radical (unpaired) electrons. The number of nitrogens with one attached hydrogen (secondary N) is 1. The van der Waals surface area contributed by atoms with E-state index < -0.39 is 118 Å². The largest absolute Gasteiger partial charge is 0.456 e. The minimum atomic E-state index is -2.41. The summed E-state index contributed by atoms with van der Waals surface area (Å²) in [6, 6.07) is 10.9. The maximum atomic E-state index is 14.9. The van der Waals surface area contributed by atoms with Crippen molar-refractivity contribution in [3.8, 4) is 0 Å². The molecular weight excluding hydrogens is 773 g/mol. The van der Waals surface area contributed by atoms with Gasteiger partial charge in [0.25, 0.3) is 0 Å². The van der Waals surface area contributed by atoms with Gasteiger partial charge in [-0.1, -0.05) is 44.2 Å². The molecule has 4 aliphatic rings. The average Bonchev–Trinajstić information content (AvgIpc) is 3.14. The van der Waals surface area contributed by atoms with Crippen molar-refractivity contribution in [2.24, 2.45) is 16.7 Å². The fourth-order valence-corrected chi connectivity index (χ4v) is 9.60. The molecule has 2 saturated carbocycles. The molecule has 5 N–H and O–H groups in total. The summed E-state index contributed by atoms with van der Waals surface area (Å²) in [5.74, 6) is -6.35. The van der Waals surface area contributed by atoms with Gasteiger partial charge < -0.3 is 49.4 Å². The number of benzene rings is 2. The van der Waals surface area contributed by atoms with E-state index in [2.05, 4.69) is 5.32 Å². The first kappa shape index (κ1) is 43.8. The van der Waals surface area contributed by atoms with Gasteiger partial charge in [0.1, 0.15) is 41.4 Å². The number of Topliss-reactive ketones (excluding diaryl/α,β-unsaturated/α-hetero) is 1. The number of aliphatic hydroxyl groups excluding tert-OH is 3. The molecule has 3 aliphatic carbocycles. The quantitative estimate of drug-likeness (QED) is 0.146. The summed E-state index contributed by atoms with van der Waals surface area (Å²) in [5.41, 5.74) is -8.87. The van der Waals surface area contributed by atoms with Crippen LogP contribution in [-0.4, -0.2) is 110 Å². The second kappa shape index (κ2) is 15.4. The number of hydrogen-bond donors (Lipinski definition) is 5. The van der Waals surface area contributed by atoms with Crippen LogP contribution in [0.1, 0.15) is 90.2 Å². The zero-order valence-corrected chi connectivity index (χ0v) is 34.2. The van der Waals surface area contributed by atoms with Gasteiger partial charge in [-0.15, -0.1) is 0 Å². The molecule has 15 nitrogen and oxygen atoms in total. The Hall–Kier alpha value is -4.74. The molecule has 3 fully saturated rings. The molecule has 2 aromatic rings. The molecule has 320 valence electrons. The Morgan fingerprint density at radius 3 is 2.24 bits per heavy atom. The number of esters is 3. The van der Waals surface area contributed by atoms with Crippen molar-refractivity contribution in [2.75, 3.05) is 6.61 Å². The molecule has 0 unspecified atom stereocenters. The Balaban J connectivity index is 1.49. The number of carbonyl (C=O) groups excluding carboxylic acids is 5. The number of aliphatic hydroxyl groups is 4. The topological polar surface area (TPSA) is 224 Å². The first-order valence-electron chi connectivity index (χ1n) is 19.4. The van der Waals surface area contributed by atoms with Gasteiger partial charge in [0.2, 0.25) is 0 Å². The molecule has 6 rings (SSSR count). The number of amides is 1. The maximum absolute atomic E-state index is 14.9. The van der Waals surface area contributed by atoms with Gasteiger partial charge >= 0.3 is 24.0 Å². The number of hydrogen-bond acceptors (Lipinski definition) is 14. The number of alkyl carbamates (subject to hydrolysis) is 1. The van der Waals surface area contributed by atoms with Crippen molar-refractivity contribution in [2.45, 2.75) is 128 Å². The van der Waals surface area contributed by atoms with Gasteiger partial charge in [0.15, 0.2) is 17.5 Å². The standard InChI is InChI=1S/C43H52FNO14/c1-21-26(56-37(52)32(49)30(24-15-12-16-25(44)17-24)45-38(53)59-39(3,4)5)19-43(54)35(57-36(51)23-13-10-9-11-14-23)33-41(8,34(50)31(48)29(21)40(43,6)7)27(47)18-28-42(33,20-55-28)58-22(2)46/h9-17,26-28,30-33,35,47-49,54H,18-20H2,1-8H3,(H,45,53)/t26-,27-,28+,30-,31+,32+,33-,35-,41+,42-,43+/m0/s1. The number of carbonyl (C=O) groups is 5. The van der Waals surface area contributed by atoms with Gasteiger partial charge in [-0.2, -0.15) is 0 Å².